The maximum atomic E-state index is 10.8. The van der Waals surface area contributed by atoms with Crippen molar-refractivity contribution in [2.75, 3.05) is 19.3 Å². The van der Waals surface area contributed by atoms with Crippen LogP contribution in [0.15, 0.2) is 0 Å². The molecule has 0 radical (unpaired) electrons. The molecule has 1 fully saturated rings. The van der Waals surface area contributed by atoms with E-state index in [0.717, 1.165) is 25.7 Å². The topological polar surface area (TPSA) is 84.2 Å². The van der Waals surface area contributed by atoms with E-state index in [0.29, 0.717) is 25.2 Å². The molecule has 0 aliphatic heterocycles. The molecular formula is C9H21N3O2S. The molecule has 1 rings (SSSR count). The molecule has 0 aromatic rings. The van der Waals surface area contributed by atoms with E-state index in [4.69, 9.17) is 5.73 Å². The van der Waals surface area contributed by atoms with E-state index >= 15 is 0 Å². The van der Waals surface area contributed by atoms with Gasteiger partial charge in [0.1, 0.15) is 0 Å². The Morgan fingerprint density at radius 1 is 1.20 bits per heavy atom. The fraction of sp³-hybridized carbons (Fsp3) is 1.00. The van der Waals surface area contributed by atoms with Crippen molar-refractivity contribution < 1.29 is 8.42 Å². The summed E-state index contributed by atoms with van der Waals surface area (Å²) in [5, 5.41) is 3.33. The molecule has 0 spiro atoms. The van der Waals surface area contributed by atoms with Gasteiger partial charge in [-0.05, 0) is 25.7 Å². The van der Waals surface area contributed by atoms with Gasteiger partial charge in [-0.1, -0.05) is 0 Å². The van der Waals surface area contributed by atoms with Gasteiger partial charge in [0.05, 0.1) is 6.26 Å². The van der Waals surface area contributed by atoms with Crippen LogP contribution in [0.25, 0.3) is 0 Å². The van der Waals surface area contributed by atoms with E-state index in [2.05, 4.69) is 10.0 Å². The number of rotatable bonds is 5. The van der Waals surface area contributed by atoms with E-state index in [9.17, 15) is 8.42 Å². The fourth-order valence-electron chi connectivity index (χ4n) is 1.84. The second-order valence-electron chi connectivity index (χ2n) is 4.23. The molecule has 0 saturated heterocycles. The number of hydrogen-bond acceptors (Lipinski definition) is 4. The SMILES string of the molecule is CS(=O)(=O)NCCNC1CCC(N)CC1. The largest absolute Gasteiger partial charge is 0.328 e. The van der Waals surface area contributed by atoms with Crippen molar-refractivity contribution in [1.82, 2.24) is 10.0 Å². The first-order valence-electron chi connectivity index (χ1n) is 5.41. The molecule has 0 atom stereocenters. The lowest BCUT2D eigenvalue weighted by Crippen LogP contribution is -2.40. The Balaban J connectivity index is 2.06. The van der Waals surface area contributed by atoms with Crippen molar-refractivity contribution >= 4 is 10.0 Å². The summed E-state index contributed by atoms with van der Waals surface area (Å²) in [5.41, 5.74) is 5.79. The minimum absolute atomic E-state index is 0.359. The minimum atomic E-state index is -3.05. The summed E-state index contributed by atoms with van der Waals surface area (Å²) in [5.74, 6) is 0. The molecule has 1 aliphatic carbocycles. The van der Waals surface area contributed by atoms with Crippen LogP contribution in [0.5, 0.6) is 0 Å². The van der Waals surface area contributed by atoms with E-state index in [1.165, 1.54) is 6.26 Å². The van der Waals surface area contributed by atoms with E-state index in [-0.39, 0.29) is 0 Å². The average molecular weight is 235 g/mol. The molecule has 0 aromatic heterocycles. The second-order valence-corrected chi connectivity index (χ2v) is 6.07. The van der Waals surface area contributed by atoms with Gasteiger partial charge in [0.25, 0.3) is 0 Å². The Morgan fingerprint density at radius 3 is 2.33 bits per heavy atom. The standard InChI is InChI=1S/C9H21N3O2S/c1-15(13,14)12-7-6-11-9-4-2-8(10)3-5-9/h8-9,11-12H,2-7,10H2,1H3. The summed E-state index contributed by atoms with van der Waals surface area (Å²) in [7, 11) is -3.05. The normalized spacial score (nSPS) is 27.9. The van der Waals surface area contributed by atoms with Crippen LogP contribution in [-0.2, 0) is 10.0 Å². The van der Waals surface area contributed by atoms with Crippen LogP contribution in [0.3, 0.4) is 0 Å². The zero-order chi connectivity index (χ0) is 11.3. The second kappa shape index (κ2) is 5.79. The molecule has 1 saturated carbocycles. The first-order valence-corrected chi connectivity index (χ1v) is 7.30. The first-order chi connectivity index (χ1) is 6.97. The van der Waals surface area contributed by atoms with Crippen molar-refractivity contribution in [2.45, 2.75) is 37.8 Å². The molecule has 4 N–H and O–H groups in total. The zero-order valence-electron chi connectivity index (χ0n) is 9.20. The monoisotopic (exact) mass is 235 g/mol. The molecule has 0 aromatic carbocycles. The maximum absolute atomic E-state index is 10.8. The fourth-order valence-corrected chi connectivity index (χ4v) is 2.31. The van der Waals surface area contributed by atoms with Crippen molar-refractivity contribution in [1.29, 1.82) is 0 Å². The van der Waals surface area contributed by atoms with Crippen molar-refractivity contribution in [3.05, 3.63) is 0 Å². The predicted molar refractivity (Wildman–Crippen MR) is 61.1 cm³/mol. The molecule has 1 aliphatic rings. The Kier molecular flexibility index (Phi) is 4.98. The van der Waals surface area contributed by atoms with Gasteiger partial charge in [-0.3, -0.25) is 0 Å². The predicted octanol–water partition coefficient (Wildman–Crippen LogP) is -0.605. The third kappa shape index (κ3) is 6.09. The maximum Gasteiger partial charge on any atom is 0.208 e. The summed E-state index contributed by atoms with van der Waals surface area (Å²) in [6, 6.07) is 0.864. The summed E-state index contributed by atoms with van der Waals surface area (Å²) >= 11 is 0. The number of hydrogen-bond donors (Lipinski definition) is 3. The van der Waals surface area contributed by atoms with Gasteiger partial charge < -0.3 is 11.1 Å². The van der Waals surface area contributed by atoms with Gasteiger partial charge in [0.2, 0.25) is 10.0 Å². The van der Waals surface area contributed by atoms with Gasteiger partial charge in [0.15, 0.2) is 0 Å². The third-order valence-corrected chi connectivity index (χ3v) is 3.42. The lowest BCUT2D eigenvalue weighted by atomic mass is 9.92. The molecular weight excluding hydrogens is 214 g/mol. The van der Waals surface area contributed by atoms with Crippen molar-refractivity contribution in [2.24, 2.45) is 5.73 Å². The highest BCUT2D eigenvalue weighted by molar-refractivity contribution is 7.88. The quantitative estimate of drug-likeness (QED) is 0.555. The van der Waals surface area contributed by atoms with Crippen LogP contribution in [0.1, 0.15) is 25.7 Å². The van der Waals surface area contributed by atoms with Crippen LogP contribution < -0.4 is 15.8 Å². The van der Waals surface area contributed by atoms with E-state index in [1.54, 1.807) is 0 Å². The number of sulfonamides is 1. The molecule has 0 unspecified atom stereocenters. The Morgan fingerprint density at radius 2 is 1.80 bits per heavy atom. The Bertz CT molecular complexity index is 271. The van der Waals surface area contributed by atoms with Crippen LogP contribution in [0.4, 0.5) is 0 Å². The minimum Gasteiger partial charge on any atom is -0.328 e. The highest BCUT2D eigenvalue weighted by atomic mass is 32.2. The zero-order valence-corrected chi connectivity index (χ0v) is 10.0. The summed E-state index contributed by atoms with van der Waals surface area (Å²) < 4.78 is 24.0. The van der Waals surface area contributed by atoms with Crippen molar-refractivity contribution in [3.63, 3.8) is 0 Å². The third-order valence-electron chi connectivity index (χ3n) is 2.69. The summed E-state index contributed by atoms with van der Waals surface area (Å²) in [6.45, 7) is 1.15. The van der Waals surface area contributed by atoms with Gasteiger partial charge in [-0.2, -0.15) is 0 Å². The van der Waals surface area contributed by atoms with Crippen LogP contribution in [-0.4, -0.2) is 39.8 Å². The average Bonchev–Trinajstić information content (AvgIpc) is 2.14. The van der Waals surface area contributed by atoms with Crippen LogP contribution in [0.2, 0.25) is 0 Å². The van der Waals surface area contributed by atoms with Gasteiger partial charge in [-0.25, -0.2) is 13.1 Å². The molecule has 0 heterocycles. The summed E-state index contributed by atoms with van der Waals surface area (Å²) in [6.07, 6.45) is 5.50. The molecule has 0 bridgehead atoms. The lowest BCUT2D eigenvalue weighted by Gasteiger charge is -2.26. The van der Waals surface area contributed by atoms with Gasteiger partial charge >= 0.3 is 0 Å². The Hall–Kier alpha value is -0.170. The molecule has 5 nitrogen and oxygen atoms in total. The number of nitrogens with two attached hydrogens (primary N) is 1. The highest BCUT2D eigenvalue weighted by Crippen LogP contribution is 2.16. The highest BCUT2D eigenvalue weighted by Gasteiger charge is 2.17. The summed E-state index contributed by atoms with van der Waals surface area (Å²) in [4.78, 5) is 0. The first kappa shape index (κ1) is 12.9. The van der Waals surface area contributed by atoms with Crippen LogP contribution >= 0.6 is 0 Å². The van der Waals surface area contributed by atoms with Gasteiger partial charge in [0, 0.05) is 25.2 Å². The van der Waals surface area contributed by atoms with E-state index < -0.39 is 10.0 Å². The van der Waals surface area contributed by atoms with E-state index in [1.807, 2.05) is 0 Å². The lowest BCUT2D eigenvalue weighted by molar-refractivity contribution is 0.344. The molecule has 90 valence electrons. The molecule has 0 amide bonds. The smallest absolute Gasteiger partial charge is 0.208 e. The van der Waals surface area contributed by atoms with Crippen LogP contribution in [0, 0.1) is 0 Å². The number of nitrogens with one attached hydrogen (secondary N) is 2. The van der Waals surface area contributed by atoms with Crippen molar-refractivity contribution in [3.8, 4) is 0 Å². The molecule has 6 heteroatoms. The van der Waals surface area contributed by atoms with Gasteiger partial charge in [-0.15, -0.1) is 0 Å². The molecule has 15 heavy (non-hydrogen) atoms. The Labute approximate surface area is 91.9 Å².